The zero-order chi connectivity index (χ0) is 17.0. The van der Waals surface area contributed by atoms with Crippen LogP contribution in [0, 0.1) is 18.6 Å². The average molecular weight is 335 g/mol. The summed E-state index contributed by atoms with van der Waals surface area (Å²) in [6.45, 7) is 3.11. The van der Waals surface area contributed by atoms with Crippen LogP contribution in [0.25, 0.3) is 0 Å². The van der Waals surface area contributed by atoms with Crippen molar-refractivity contribution >= 4 is 29.1 Å². The molecule has 0 spiro atoms. The average Bonchev–Trinajstić information content (AvgIpc) is 2.49. The van der Waals surface area contributed by atoms with E-state index < -0.39 is 11.6 Å². The van der Waals surface area contributed by atoms with Crippen LogP contribution in [0.1, 0.15) is 22.8 Å². The van der Waals surface area contributed by atoms with Crippen molar-refractivity contribution in [3.05, 3.63) is 59.2 Å². The maximum atomic E-state index is 13.9. The molecule has 2 aromatic carbocycles. The molecule has 0 aromatic heterocycles. The molecular weight excluding hydrogens is 320 g/mol. The molecular formula is C17H15F2NO2S. The Morgan fingerprint density at radius 2 is 1.87 bits per heavy atom. The zero-order valence-corrected chi connectivity index (χ0v) is 13.5. The van der Waals surface area contributed by atoms with Crippen molar-refractivity contribution in [1.82, 2.24) is 0 Å². The third-order valence-corrected chi connectivity index (χ3v) is 4.22. The van der Waals surface area contributed by atoms with Gasteiger partial charge in [0, 0.05) is 16.1 Å². The van der Waals surface area contributed by atoms with Crippen molar-refractivity contribution in [2.45, 2.75) is 18.7 Å². The van der Waals surface area contributed by atoms with E-state index in [1.54, 1.807) is 13.0 Å². The highest BCUT2D eigenvalue weighted by molar-refractivity contribution is 8.00. The molecule has 0 aliphatic heterocycles. The Bertz CT molecular complexity index is 762. The van der Waals surface area contributed by atoms with Crippen molar-refractivity contribution in [3.63, 3.8) is 0 Å². The van der Waals surface area contributed by atoms with Gasteiger partial charge in [-0.3, -0.25) is 9.59 Å². The molecule has 0 unspecified atom stereocenters. The summed E-state index contributed by atoms with van der Waals surface area (Å²) in [6.07, 6.45) is 0. The summed E-state index contributed by atoms with van der Waals surface area (Å²) >= 11 is 1.01. The van der Waals surface area contributed by atoms with Crippen LogP contribution in [0.3, 0.4) is 0 Å². The van der Waals surface area contributed by atoms with Gasteiger partial charge < -0.3 is 5.32 Å². The first kappa shape index (κ1) is 17.1. The minimum atomic E-state index is -0.544. The van der Waals surface area contributed by atoms with Crippen LogP contribution in [-0.2, 0) is 4.79 Å². The Kier molecular flexibility index (Phi) is 5.50. The van der Waals surface area contributed by atoms with Gasteiger partial charge in [-0.15, -0.1) is 11.8 Å². The second kappa shape index (κ2) is 7.37. The van der Waals surface area contributed by atoms with Crippen molar-refractivity contribution < 1.29 is 18.4 Å². The fraction of sp³-hybridized carbons (Fsp3) is 0.176. The van der Waals surface area contributed by atoms with Gasteiger partial charge in [0.15, 0.2) is 5.78 Å². The highest BCUT2D eigenvalue weighted by Gasteiger charge is 2.10. The molecule has 0 aliphatic carbocycles. The lowest BCUT2D eigenvalue weighted by molar-refractivity contribution is -0.113. The minimum absolute atomic E-state index is 0.0215. The summed E-state index contributed by atoms with van der Waals surface area (Å²) in [5.74, 6) is -1.59. The number of hydrogen-bond acceptors (Lipinski definition) is 3. The quantitative estimate of drug-likeness (QED) is 0.658. The van der Waals surface area contributed by atoms with Crippen molar-refractivity contribution in [2.75, 3.05) is 11.1 Å². The van der Waals surface area contributed by atoms with Gasteiger partial charge in [0.2, 0.25) is 5.91 Å². The fourth-order valence-corrected chi connectivity index (χ4v) is 2.62. The second-order valence-corrected chi connectivity index (χ2v) is 6.01. The van der Waals surface area contributed by atoms with Crippen LogP contribution < -0.4 is 5.32 Å². The van der Waals surface area contributed by atoms with Crippen LogP contribution in [0.4, 0.5) is 14.5 Å². The van der Waals surface area contributed by atoms with Crippen LogP contribution >= 0.6 is 11.8 Å². The highest BCUT2D eigenvalue weighted by atomic mass is 32.2. The molecule has 1 amide bonds. The minimum Gasteiger partial charge on any atom is -0.325 e. The zero-order valence-electron chi connectivity index (χ0n) is 12.7. The molecule has 0 aliphatic rings. The molecule has 1 N–H and O–H groups in total. The number of anilines is 1. The third-order valence-electron chi connectivity index (χ3n) is 3.17. The number of rotatable bonds is 5. The summed E-state index contributed by atoms with van der Waals surface area (Å²) in [6, 6.07) is 8.25. The number of halogens is 2. The van der Waals surface area contributed by atoms with Crippen molar-refractivity contribution in [1.29, 1.82) is 0 Å². The lowest BCUT2D eigenvalue weighted by atomic mass is 10.1. The summed E-state index contributed by atoms with van der Waals surface area (Å²) in [5, 5.41) is 2.59. The smallest absolute Gasteiger partial charge is 0.234 e. The van der Waals surface area contributed by atoms with Gasteiger partial charge in [0.25, 0.3) is 0 Å². The van der Waals surface area contributed by atoms with Crippen LogP contribution in [0.2, 0.25) is 0 Å². The van der Waals surface area contributed by atoms with E-state index in [1.165, 1.54) is 31.2 Å². The van der Waals surface area contributed by atoms with Crippen molar-refractivity contribution in [2.24, 2.45) is 0 Å². The van der Waals surface area contributed by atoms with E-state index in [-0.39, 0.29) is 27.9 Å². The Morgan fingerprint density at radius 3 is 2.52 bits per heavy atom. The van der Waals surface area contributed by atoms with E-state index in [4.69, 9.17) is 0 Å². The molecule has 0 atom stereocenters. The molecule has 0 fully saturated rings. The van der Waals surface area contributed by atoms with E-state index >= 15 is 0 Å². The number of hydrogen-bond donors (Lipinski definition) is 1. The fourth-order valence-electron chi connectivity index (χ4n) is 1.90. The number of thioether (sulfide) groups is 1. The summed E-state index contributed by atoms with van der Waals surface area (Å²) < 4.78 is 27.0. The molecule has 6 heteroatoms. The maximum Gasteiger partial charge on any atom is 0.234 e. The number of benzene rings is 2. The lowest BCUT2D eigenvalue weighted by Crippen LogP contribution is -2.15. The lowest BCUT2D eigenvalue weighted by Gasteiger charge is -2.09. The van der Waals surface area contributed by atoms with Crippen molar-refractivity contribution in [3.8, 4) is 0 Å². The van der Waals surface area contributed by atoms with E-state index in [9.17, 15) is 18.4 Å². The predicted octanol–water partition coefficient (Wildman–Crippen LogP) is 4.21. The molecule has 0 bridgehead atoms. The van der Waals surface area contributed by atoms with Gasteiger partial charge in [-0.25, -0.2) is 8.78 Å². The van der Waals surface area contributed by atoms with Gasteiger partial charge >= 0.3 is 0 Å². The number of ketones is 1. The molecule has 0 heterocycles. The SMILES string of the molecule is CC(=O)c1ccc(SCC(=O)Nc2cc(F)ccc2C)c(F)c1. The van der Waals surface area contributed by atoms with Gasteiger partial charge in [-0.05, 0) is 43.7 Å². The molecule has 0 radical (unpaired) electrons. The molecule has 3 nitrogen and oxygen atoms in total. The first-order valence-electron chi connectivity index (χ1n) is 6.86. The van der Waals surface area contributed by atoms with Crippen LogP contribution in [0.15, 0.2) is 41.3 Å². The Labute approximate surface area is 137 Å². The van der Waals surface area contributed by atoms with E-state index in [1.807, 2.05) is 0 Å². The number of carbonyl (C=O) groups is 2. The molecule has 0 saturated carbocycles. The third kappa shape index (κ3) is 4.63. The normalized spacial score (nSPS) is 10.4. The second-order valence-electron chi connectivity index (χ2n) is 5.00. The summed E-state index contributed by atoms with van der Waals surface area (Å²) in [5.41, 5.74) is 1.41. The first-order chi connectivity index (χ1) is 10.9. The largest absolute Gasteiger partial charge is 0.325 e. The molecule has 0 saturated heterocycles. The monoisotopic (exact) mass is 335 g/mol. The van der Waals surface area contributed by atoms with Crippen LogP contribution in [-0.4, -0.2) is 17.4 Å². The summed E-state index contributed by atoms with van der Waals surface area (Å²) in [7, 11) is 0. The van der Waals surface area contributed by atoms with Gasteiger partial charge in [0.1, 0.15) is 11.6 Å². The Hall–Kier alpha value is -2.21. The van der Waals surface area contributed by atoms with Gasteiger partial charge in [-0.2, -0.15) is 0 Å². The number of aryl methyl sites for hydroxylation is 1. The van der Waals surface area contributed by atoms with E-state index in [0.29, 0.717) is 5.69 Å². The number of amides is 1. The van der Waals surface area contributed by atoms with E-state index in [0.717, 1.165) is 23.4 Å². The first-order valence-corrected chi connectivity index (χ1v) is 7.84. The maximum absolute atomic E-state index is 13.9. The standard InChI is InChI=1S/C17H15F2NO2S/c1-10-3-5-13(18)8-15(10)20-17(22)9-23-16-6-4-12(11(2)21)7-14(16)19/h3-8H,9H2,1-2H3,(H,20,22). The highest BCUT2D eigenvalue weighted by Crippen LogP contribution is 2.23. The molecule has 120 valence electrons. The summed E-state index contributed by atoms with van der Waals surface area (Å²) in [4.78, 5) is 23.4. The van der Waals surface area contributed by atoms with Crippen LogP contribution in [0.5, 0.6) is 0 Å². The molecule has 2 rings (SSSR count). The molecule has 2 aromatic rings. The number of Topliss-reactive ketones (excluding diaryl/α,β-unsaturated/α-hetero) is 1. The molecule has 23 heavy (non-hydrogen) atoms. The van der Waals surface area contributed by atoms with Gasteiger partial charge in [0.05, 0.1) is 5.75 Å². The Balaban J connectivity index is 1.99. The topological polar surface area (TPSA) is 46.2 Å². The predicted molar refractivity (Wildman–Crippen MR) is 86.9 cm³/mol. The number of carbonyl (C=O) groups excluding carboxylic acids is 2. The Morgan fingerprint density at radius 1 is 1.13 bits per heavy atom. The van der Waals surface area contributed by atoms with E-state index in [2.05, 4.69) is 5.32 Å². The van der Waals surface area contributed by atoms with Gasteiger partial charge in [-0.1, -0.05) is 12.1 Å². The number of nitrogens with one attached hydrogen (secondary N) is 1.